The molecule has 1 saturated heterocycles. The van der Waals surface area contributed by atoms with Crippen LogP contribution in [0.2, 0.25) is 0 Å². The Balaban J connectivity index is 1.82. The molecule has 1 aliphatic heterocycles. The second kappa shape index (κ2) is 5.56. The van der Waals surface area contributed by atoms with Crippen LogP contribution in [0.15, 0.2) is 28.1 Å². The van der Waals surface area contributed by atoms with Crippen LogP contribution in [0.1, 0.15) is 6.92 Å². The Labute approximate surface area is 125 Å². The van der Waals surface area contributed by atoms with Crippen LogP contribution in [0, 0.1) is 0 Å². The highest BCUT2D eigenvalue weighted by atomic mass is 79.9. The smallest absolute Gasteiger partial charge is 0.151 e. The van der Waals surface area contributed by atoms with E-state index in [9.17, 15) is 0 Å². The summed E-state index contributed by atoms with van der Waals surface area (Å²) in [5.74, 6) is 0.966. The summed E-state index contributed by atoms with van der Waals surface area (Å²) in [7, 11) is 0. The highest BCUT2D eigenvalue weighted by Gasteiger charge is 2.19. The van der Waals surface area contributed by atoms with Gasteiger partial charge in [-0.2, -0.15) is 0 Å². The van der Waals surface area contributed by atoms with E-state index in [0.717, 1.165) is 40.5 Å². The van der Waals surface area contributed by atoms with E-state index >= 15 is 0 Å². The van der Waals surface area contributed by atoms with Gasteiger partial charge in [0.05, 0.1) is 4.88 Å². The standard InChI is InChI=1S/C13H15BrN4S/c1-9-7-15-4-5-18(9)13-3-2-11(16-17-13)12-6-10(14)8-19-12/h2-3,6,8-9,15H,4-5,7H2,1H3. The van der Waals surface area contributed by atoms with Gasteiger partial charge in [0.15, 0.2) is 5.82 Å². The molecule has 0 bridgehead atoms. The topological polar surface area (TPSA) is 41.0 Å². The van der Waals surface area contributed by atoms with Crippen LogP contribution in [-0.2, 0) is 0 Å². The highest BCUT2D eigenvalue weighted by Crippen LogP contribution is 2.28. The van der Waals surface area contributed by atoms with Crippen molar-refractivity contribution >= 4 is 33.1 Å². The van der Waals surface area contributed by atoms with Crippen molar-refractivity contribution in [2.75, 3.05) is 24.5 Å². The molecule has 2 aromatic rings. The minimum Gasteiger partial charge on any atom is -0.350 e. The zero-order valence-corrected chi connectivity index (χ0v) is 13.0. The van der Waals surface area contributed by atoms with Gasteiger partial charge in [0.2, 0.25) is 0 Å². The van der Waals surface area contributed by atoms with E-state index in [1.807, 2.05) is 0 Å². The molecule has 0 aromatic carbocycles. The lowest BCUT2D eigenvalue weighted by atomic mass is 10.2. The van der Waals surface area contributed by atoms with E-state index in [-0.39, 0.29) is 0 Å². The van der Waals surface area contributed by atoms with Crippen LogP contribution < -0.4 is 10.2 Å². The molecule has 6 heteroatoms. The van der Waals surface area contributed by atoms with E-state index in [1.54, 1.807) is 11.3 Å². The van der Waals surface area contributed by atoms with Gasteiger partial charge >= 0.3 is 0 Å². The molecule has 0 spiro atoms. The van der Waals surface area contributed by atoms with Crippen LogP contribution in [0.5, 0.6) is 0 Å². The monoisotopic (exact) mass is 338 g/mol. The summed E-state index contributed by atoms with van der Waals surface area (Å²) in [6, 6.07) is 6.65. The van der Waals surface area contributed by atoms with Crippen molar-refractivity contribution < 1.29 is 0 Å². The van der Waals surface area contributed by atoms with Crippen molar-refractivity contribution in [1.29, 1.82) is 0 Å². The minimum absolute atomic E-state index is 0.463. The molecule has 0 amide bonds. The van der Waals surface area contributed by atoms with Crippen molar-refractivity contribution in [3.63, 3.8) is 0 Å². The van der Waals surface area contributed by atoms with Crippen LogP contribution in [0.25, 0.3) is 10.6 Å². The maximum Gasteiger partial charge on any atom is 0.151 e. The molecule has 1 unspecified atom stereocenters. The second-order valence-electron chi connectivity index (χ2n) is 4.65. The largest absolute Gasteiger partial charge is 0.350 e. The first-order valence-electron chi connectivity index (χ1n) is 6.29. The van der Waals surface area contributed by atoms with Gasteiger partial charge < -0.3 is 10.2 Å². The van der Waals surface area contributed by atoms with Gasteiger partial charge in [-0.3, -0.25) is 0 Å². The summed E-state index contributed by atoms with van der Waals surface area (Å²) in [6.07, 6.45) is 0. The molecule has 4 nitrogen and oxygen atoms in total. The molecule has 3 rings (SSSR count). The fourth-order valence-electron chi connectivity index (χ4n) is 2.24. The second-order valence-corrected chi connectivity index (χ2v) is 6.48. The highest BCUT2D eigenvalue weighted by molar-refractivity contribution is 9.10. The Morgan fingerprint density at radius 1 is 1.42 bits per heavy atom. The number of rotatable bonds is 2. The average Bonchev–Trinajstić information content (AvgIpc) is 2.86. The Morgan fingerprint density at radius 2 is 2.32 bits per heavy atom. The van der Waals surface area contributed by atoms with Gasteiger partial charge in [-0.05, 0) is 41.1 Å². The lowest BCUT2D eigenvalue weighted by Crippen LogP contribution is -2.50. The molecular formula is C13H15BrN4S. The third kappa shape index (κ3) is 2.80. The first-order chi connectivity index (χ1) is 9.24. The van der Waals surface area contributed by atoms with Crippen molar-refractivity contribution in [3.05, 3.63) is 28.1 Å². The summed E-state index contributed by atoms with van der Waals surface area (Å²) in [5, 5.41) is 14.2. The Bertz CT molecular complexity index is 554. The van der Waals surface area contributed by atoms with Crippen molar-refractivity contribution in [1.82, 2.24) is 15.5 Å². The molecule has 100 valence electrons. The molecule has 2 aromatic heterocycles. The maximum absolute atomic E-state index is 4.38. The van der Waals surface area contributed by atoms with Gasteiger partial charge in [0.1, 0.15) is 5.69 Å². The third-order valence-corrected chi connectivity index (χ3v) is 4.98. The van der Waals surface area contributed by atoms with Crippen LogP contribution in [-0.4, -0.2) is 35.9 Å². The van der Waals surface area contributed by atoms with Crippen LogP contribution >= 0.6 is 27.3 Å². The van der Waals surface area contributed by atoms with Crippen LogP contribution in [0.3, 0.4) is 0 Å². The summed E-state index contributed by atoms with van der Waals surface area (Å²) >= 11 is 5.13. The summed E-state index contributed by atoms with van der Waals surface area (Å²) < 4.78 is 1.09. The van der Waals surface area contributed by atoms with E-state index in [2.05, 4.69) is 66.8 Å². The van der Waals surface area contributed by atoms with Crippen LogP contribution in [0.4, 0.5) is 5.82 Å². The Kier molecular flexibility index (Phi) is 3.81. The fourth-order valence-corrected chi connectivity index (χ4v) is 3.63. The molecule has 0 aliphatic carbocycles. The van der Waals surface area contributed by atoms with E-state index in [1.165, 1.54) is 0 Å². The zero-order valence-electron chi connectivity index (χ0n) is 10.6. The number of halogens is 1. The number of hydrogen-bond acceptors (Lipinski definition) is 5. The van der Waals surface area contributed by atoms with E-state index in [4.69, 9.17) is 0 Å². The molecule has 3 heterocycles. The minimum atomic E-state index is 0.463. The molecule has 1 atom stereocenters. The molecular weight excluding hydrogens is 324 g/mol. The average molecular weight is 339 g/mol. The SMILES string of the molecule is CC1CNCCN1c1ccc(-c2cc(Br)cs2)nn1. The predicted molar refractivity (Wildman–Crippen MR) is 82.7 cm³/mol. The quantitative estimate of drug-likeness (QED) is 0.914. The van der Waals surface area contributed by atoms with Crippen molar-refractivity contribution in [2.24, 2.45) is 0 Å². The summed E-state index contributed by atoms with van der Waals surface area (Å²) in [5.41, 5.74) is 0.933. The fraction of sp³-hybridized carbons (Fsp3) is 0.385. The lowest BCUT2D eigenvalue weighted by Gasteiger charge is -2.34. The Hall–Kier alpha value is -0.980. The third-order valence-electron chi connectivity index (χ3n) is 3.27. The zero-order chi connectivity index (χ0) is 13.2. The summed E-state index contributed by atoms with van der Waals surface area (Å²) in [6.45, 7) is 5.20. The van der Waals surface area contributed by atoms with Gasteiger partial charge in [-0.15, -0.1) is 21.5 Å². The molecule has 19 heavy (non-hydrogen) atoms. The number of hydrogen-bond donors (Lipinski definition) is 1. The van der Waals surface area contributed by atoms with Gasteiger partial charge in [-0.25, -0.2) is 0 Å². The predicted octanol–water partition coefficient (Wildman–Crippen LogP) is 2.77. The van der Waals surface area contributed by atoms with E-state index < -0.39 is 0 Å². The van der Waals surface area contributed by atoms with Crippen molar-refractivity contribution in [2.45, 2.75) is 13.0 Å². The van der Waals surface area contributed by atoms with Crippen molar-refractivity contribution in [3.8, 4) is 10.6 Å². The van der Waals surface area contributed by atoms with Gasteiger partial charge in [0.25, 0.3) is 0 Å². The molecule has 0 radical (unpaired) electrons. The molecule has 1 aliphatic rings. The number of aromatic nitrogens is 2. The maximum atomic E-state index is 4.38. The molecule has 1 N–H and O–H groups in total. The number of anilines is 1. The molecule has 0 saturated carbocycles. The first-order valence-corrected chi connectivity index (χ1v) is 7.97. The van der Waals surface area contributed by atoms with Gasteiger partial charge in [-0.1, -0.05) is 0 Å². The normalized spacial score (nSPS) is 19.7. The number of nitrogens with one attached hydrogen (secondary N) is 1. The molecule has 1 fully saturated rings. The van der Waals surface area contributed by atoms with Gasteiger partial charge in [0, 0.05) is 35.5 Å². The summed E-state index contributed by atoms with van der Waals surface area (Å²) in [4.78, 5) is 3.44. The number of nitrogens with zero attached hydrogens (tertiary/aromatic N) is 3. The Morgan fingerprint density at radius 3 is 2.95 bits per heavy atom. The number of piperazine rings is 1. The first kappa shape index (κ1) is 13.0. The van der Waals surface area contributed by atoms with E-state index in [0.29, 0.717) is 6.04 Å². The lowest BCUT2D eigenvalue weighted by molar-refractivity contribution is 0.495. The number of thiophene rings is 1.